The molecule has 4 aliphatic rings. The average Bonchev–Trinajstić information content (AvgIpc) is 3.11. The molecular weight excluding hydrogens is 372 g/mol. The molecule has 5 rings (SSSR count). The fraction of sp³-hybridized carbons (Fsp3) is 0.704. The Hall–Kier alpha value is -1.48. The van der Waals surface area contributed by atoms with Crippen LogP contribution in [-0.4, -0.2) is 22.3 Å². The predicted molar refractivity (Wildman–Crippen MR) is 117 cm³/mol. The average molecular weight is 409 g/mol. The number of benzene rings is 1. The normalized spacial score (nSPS) is 45.4. The van der Waals surface area contributed by atoms with Gasteiger partial charge in [0, 0.05) is 18.4 Å². The van der Waals surface area contributed by atoms with E-state index < -0.39 is 5.60 Å². The second kappa shape index (κ2) is 7.02. The summed E-state index contributed by atoms with van der Waals surface area (Å²) in [6.45, 7) is 4.85. The lowest BCUT2D eigenvalue weighted by Gasteiger charge is -2.61. The molecule has 3 heteroatoms. The smallest absolute Gasteiger partial charge is 0.166 e. The van der Waals surface area contributed by atoms with Crippen LogP contribution in [0, 0.1) is 34.5 Å². The predicted octanol–water partition coefficient (Wildman–Crippen LogP) is 5.60. The number of hydrogen-bond acceptors (Lipinski definition) is 3. The molecule has 0 radical (unpaired) electrons. The van der Waals surface area contributed by atoms with E-state index in [2.05, 4.69) is 13.8 Å². The van der Waals surface area contributed by atoms with Gasteiger partial charge < -0.3 is 5.11 Å². The molecule has 2 unspecified atom stereocenters. The number of ketones is 2. The minimum absolute atomic E-state index is 0.0353. The van der Waals surface area contributed by atoms with Crippen molar-refractivity contribution < 1.29 is 14.7 Å². The Balaban J connectivity index is 1.41. The van der Waals surface area contributed by atoms with Crippen molar-refractivity contribution in [2.45, 2.75) is 83.7 Å². The Kier molecular flexibility index (Phi) is 4.78. The molecule has 1 aromatic rings. The van der Waals surface area contributed by atoms with Crippen molar-refractivity contribution in [2.24, 2.45) is 34.5 Å². The van der Waals surface area contributed by atoms with E-state index in [1.807, 2.05) is 18.2 Å². The van der Waals surface area contributed by atoms with E-state index in [-0.39, 0.29) is 23.4 Å². The number of Topliss-reactive ketones (excluding diaryl/α,β-unsaturated/α-hetero) is 2. The van der Waals surface area contributed by atoms with E-state index in [0.29, 0.717) is 35.7 Å². The highest BCUT2D eigenvalue weighted by Crippen LogP contribution is 2.66. The molecule has 4 fully saturated rings. The maximum atomic E-state index is 13.1. The van der Waals surface area contributed by atoms with Crippen LogP contribution in [0.3, 0.4) is 0 Å². The van der Waals surface area contributed by atoms with Gasteiger partial charge in [-0.15, -0.1) is 0 Å². The second-order valence-corrected chi connectivity index (χ2v) is 11.5. The number of hydrogen-bond donors (Lipinski definition) is 1. The molecule has 4 aliphatic carbocycles. The SMILES string of the molecule is C[C@@]12CCC[C@H]1[C@@H]1CCC3CC(=O)C(O)(CC(=O)c4ccccc4)C[C@]3(C)[C@@H]1CC2. The minimum Gasteiger partial charge on any atom is -0.382 e. The number of carbonyl (C=O) groups excluding carboxylic acids is 2. The molecule has 0 heterocycles. The molecular formula is C27H36O3. The molecule has 0 amide bonds. The van der Waals surface area contributed by atoms with Gasteiger partial charge >= 0.3 is 0 Å². The number of carbonyl (C=O) groups is 2. The fourth-order valence-corrected chi connectivity index (χ4v) is 8.43. The Labute approximate surface area is 180 Å². The summed E-state index contributed by atoms with van der Waals surface area (Å²) in [6.07, 6.45) is 9.79. The highest BCUT2D eigenvalue weighted by Gasteiger charge is 2.61. The zero-order valence-corrected chi connectivity index (χ0v) is 18.5. The van der Waals surface area contributed by atoms with Gasteiger partial charge in [-0.2, -0.15) is 0 Å². The molecule has 0 bridgehead atoms. The maximum Gasteiger partial charge on any atom is 0.166 e. The van der Waals surface area contributed by atoms with Crippen molar-refractivity contribution >= 4 is 11.6 Å². The van der Waals surface area contributed by atoms with E-state index in [1.165, 1.54) is 38.5 Å². The lowest BCUT2D eigenvalue weighted by Crippen LogP contribution is -2.59. The largest absolute Gasteiger partial charge is 0.382 e. The van der Waals surface area contributed by atoms with Crippen LogP contribution < -0.4 is 0 Å². The van der Waals surface area contributed by atoms with Gasteiger partial charge in [-0.25, -0.2) is 0 Å². The van der Waals surface area contributed by atoms with Gasteiger partial charge in [0.1, 0.15) is 5.60 Å². The molecule has 0 saturated heterocycles. The highest BCUT2D eigenvalue weighted by atomic mass is 16.3. The summed E-state index contributed by atoms with van der Waals surface area (Å²) >= 11 is 0. The van der Waals surface area contributed by atoms with Crippen LogP contribution in [0.15, 0.2) is 30.3 Å². The van der Waals surface area contributed by atoms with Crippen LogP contribution in [0.1, 0.15) is 88.4 Å². The lowest BCUT2D eigenvalue weighted by atomic mass is 9.44. The standard InChI is InChI=1S/C27H36O3/c1-25-13-6-9-21(25)20-11-10-19-15-24(29)27(30,17-26(19,2)22(20)12-14-25)16-23(28)18-7-4-3-5-8-18/h3-5,7-8,19-22,30H,6,9-17H2,1-2H3/t19?,20-,21-,22+,25-,26-,27?/m0/s1. The summed E-state index contributed by atoms with van der Waals surface area (Å²) in [5.41, 5.74) is -0.441. The summed E-state index contributed by atoms with van der Waals surface area (Å²) in [4.78, 5) is 26.0. The van der Waals surface area contributed by atoms with Crippen LogP contribution in [-0.2, 0) is 4.79 Å². The second-order valence-electron chi connectivity index (χ2n) is 11.5. The topological polar surface area (TPSA) is 54.4 Å². The lowest BCUT2D eigenvalue weighted by molar-refractivity contribution is -0.172. The van der Waals surface area contributed by atoms with E-state index in [9.17, 15) is 14.7 Å². The van der Waals surface area contributed by atoms with Crippen LogP contribution in [0.5, 0.6) is 0 Å². The van der Waals surface area contributed by atoms with Gasteiger partial charge in [-0.3, -0.25) is 9.59 Å². The monoisotopic (exact) mass is 408 g/mol. The van der Waals surface area contributed by atoms with Gasteiger partial charge in [0.25, 0.3) is 0 Å². The summed E-state index contributed by atoms with van der Waals surface area (Å²) in [7, 11) is 0. The molecule has 162 valence electrons. The summed E-state index contributed by atoms with van der Waals surface area (Å²) in [5, 5.41) is 11.5. The van der Waals surface area contributed by atoms with Gasteiger partial charge in [-0.1, -0.05) is 50.6 Å². The van der Waals surface area contributed by atoms with Crippen LogP contribution in [0.2, 0.25) is 0 Å². The third-order valence-corrected chi connectivity index (χ3v) is 10.0. The van der Waals surface area contributed by atoms with Crippen molar-refractivity contribution in [3.8, 4) is 0 Å². The van der Waals surface area contributed by atoms with Crippen molar-refractivity contribution in [3.05, 3.63) is 35.9 Å². The van der Waals surface area contributed by atoms with Crippen molar-refractivity contribution in [1.82, 2.24) is 0 Å². The van der Waals surface area contributed by atoms with Gasteiger partial charge in [0.15, 0.2) is 11.6 Å². The molecule has 4 saturated carbocycles. The van der Waals surface area contributed by atoms with E-state index >= 15 is 0 Å². The molecule has 7 atom stereocenters. The van der Waals surface area contributed by atoms with Crippen molar-refractivity contribution in [3.63, 3.8) is 0 Å². The fourth-order valence-electron chi connectivity index (χ4n) is 8.43. The number of aliphatic hydroxyl groups is 1. The van der Waals surface area contributed by atoms with Crippen molar-refractivity contribution in [2.75, 3.05) is 0 Å². The number of fused-ring (bicyclic) bond motifs is 5. The first kappa shape index (κ1) is 20.4. The molecule has 1 aromatic carbocycles. The summed E-state index contributed by atoms with van der Waals surface area (Å²) < 4.78 is 0. The molecule has 30 heavy (non-hydrogen) atoms. The maximum absolute atomic E-state index is 13.1. The Morgan fingerprint density at radius 2 is 1.80 bits per heavy atom. The first-order chi connectivity index (χ1) is 14.3. The quantitative estimate of drug-likeness (QED) is 0.662. The third-order valence-electron chi connectivity index (χ3n) is 10.0. The zero-order chi connectivity index (χ0) is 21.1. The molecule has 0 aromatic heterocycles. The van der Waals surface area contributed by atoms with Gasteiger partial charge in [0.05, 0.1) is 0 Å². The van der Waals surface area contributed by atoms with Crippen LogP contribution in [0.4, 0.5) is 0 Å². The molecule has 3 nitrogen and oxygen atoms in total. The molecule has 1 N–H and O–H groups in total. The Morgan fingerprint density at radius 3 is 2.57 bits per heavy atom. The minimum atomic E-state index is -1.50. The summed E-state index contributed by atoms with van der Waals surface area (Å²) in [6, 6.07) is 9.11. The van der Waals surface area contributed by atoms with E-state index in [4.69, 9.17) is 0 Å². The number of rotatable bonds is 3. The van der Waals surface area contributed by atoms with Crippen LogP contribution in [0.25, 0.3) is 0 Å². The first-order valence-corrected chi connectivity index (χ1v) is 12.1. The van der Waals surface area contributed by atoms with Crippen LogP contribution >= 0.6 is 0 Å². The zero-order valence-electron chi connectivity index (χ0n) is 18.5. The van der Waals surface area contributed by atoms with Crippen molar-refractivity contribution in [1.29, 1.82) is 0 Å². The third kappa shape index (κ3) is 3.03. The van der Waals surface area contributed by atoms with E-state index in [1.54, 1.807) is 12.1 Å². The van der Waals surface area contributed by atoms with Gasteiger partial charge in [-0.05, 0) is 79.4 Å². The first-order valence-electron chi connectivity index (χ1n) is 12.1. The Morgan fingerprint density at radius 1 is 1.03 bits per heavy atom. The van der Waals surface area contributed by atoms with Gasteiger partial charge in [0.2, 0.25) is 0 Å². The highest BCUT2D eigenvalue weighted by molar-refractivity contribution is 6.01. The van der Waals surface area contributed by atoms with E-state index in [0.717, 1.165) is 18.3 Å². The summed E-state index contributed by atoms with van der Waals surface area (Å²) in [5.74, 6) is 2.27. The molecule has 0 aliphatic heterocycles. The Bertz CT molecular complexity index is 847. The molecule has 0 spiro atoms.